The number of methoxy groups -OCH3 is 1. The Morgan fingerprint density at radius 1 is 1.29 bits per heavy atom. The summed E-state index contributed by atoms with van der Waals surface area (Å²) in [5.74, 6) is 0.0997. The van der Waals surface area contributed by atoms with Gasteiger partial charge in [-0.1, -0.05) is 11.8 Å². The molecule has 3 rings (SSSR count). The molecule has 0 saturated heterocycles. The van der Waals surface area contributed by atoms with E-state index < -0.39 is 5.97 Å². The van der Waals surface area contributed by atoms with E-state index in [2.05, 4.69) is 4.98 Å². The van der Waals surface area contributed by atoms with E-state index in [1.807, 2.05) is 0 Å². The van der Waals surface area contributed by atoms with Crippen LogP contribution in [0.3, 0.4) is 0 Å². The lowest BCUT2D eigenvalue weighted by Gasteiger charge is -2.14. The van der Waals surface area contributed by atoms with Crippen molar-refractivity contribution in [1.82, 2.24) is 14.5 Å². The third-order valence-corrected chi connectivity index (χ3v) is 5.02. The van der Waals surface area contributed by atoms with Crippen molar-refractivity contribution in [3.63, 3.8) is 0 Å². The first-order valence-electron chi connectivity index (χ1n) is 8.39. The molecule has 2 aromatic heterocycles. The van der Waals surface area contributed by atoms with Gasteiger partial charge >= 0.3 is 5.97 Å². The van der Waals surface area contributed by atoms with Gasteiger partial charge in [-0.3, -0.25) is 14.2 Å². The highest BCUT2D eigenvalue weighted by molar-refractivity contribution is 7.99. The SMILES string of the molecule is COC(=O)c1ccc2c(=O)n(Cc3ccco3)c(SCC(=O)N(C)C)nc2c1. The molecule has 0 fully saturated rings. The van der Waals surface area contributed by atoms with Crippen LogP contribution in [-0.4, -0.2) is 53.3 Å². The molecule has 1 aromatic carbocycles. The molecule has 0 N–H and O–H groups in total. The maximum atomic E-state index is 13.1. The Balaban J connectivity index is 2.09. The van der Waals surface area contributed by atoms with Gasteiger partial charge in [-0.25, -0.2) is 9.78 Å². The summed E-state index contributed by atoms with van der Waals surface area (Å²) in [6, 6.07) is 8.08. The minimum absolute atomic E-state index is 0.104. The molecule has 0 aliphatic rings. The van der Waals surface area contributed by atoms with E-state index in [0.29, 0.717) is 27.4 Å². The standard InChI is InChI=1S/C19H19N3O5S/c1-21(2)16(23)11-28-19-20-15-9-12(18(25)26-3)6-7-14(15)17(24)22(19)10-13-5-4-8-27-13/h4-9H,10-11H2,1-3H3. The van der Waals surface area contributed by atoms with Crippen molar-refractivity contribution in [1.29, 1.82) is 0 Å². The summed E-state index contributed by atoms with van der Waals surface area (Å²) >= 11 is 1.16. The normalized spacial score (nSPS) is 10.8. The van der Waals surface area contributed by atoms with Crippen molar-refractivity contribution in [3.8, 4) is 0 Å². The Hall–Kier alpha value is -3.07. The van der Waals surface area contributed by atoms with Crippen LogP contribution in [0, 0.1) is 0 Å². The number of nitrogens with zero attached hydrogens (tertiary/aromatic N) is 3. The van der Waals surface area contributed by atoms with Gasteiger partial charge in [-0.2, -0.15) is 0 Å². The number of thioether (sulfide) groups is 1. The number of carbonyl (C=O) groups is 2. The van der Waals surface area contributed by atoms with Gasteiger partial charge in [0.05, 0.1) is 42.1 Å². The number of fused-ring (bicyclic) bond motifs is 1. The van der Waals surface area contributed by atoms with Crippen molar-refractivity contribution in [3.05, 3.63) is 58.3 Å². The van der Waals surface area contributed by atoms with Crippen LogP contribution in [0.2, 0.25) is 0 Å². The topological polar surface area (TPSA) is 94.6 Å². The predicted octanol–water partition coefficient (Wildman–Crippen LogP) is 2.00. The third-order valence-electron chi connectivity index (χ3n) is 4.06. The largest absolute Gasteiger partial charge is 0.467 e. The molecule has 0 aliphatic heterocycles. The molecule has 0 radical (unpaired) electrons. The maximum Gasteiger partial charge on any atom is 0.337 e. The van der Waals surface area contributed by atoms with Crippen molar-refractivity contribution in [2.45, 2.75) is 11.7 Å². The average molecular weight is 401 g/mol. The Morgan fingerprint density at radius 2 is 2.07 bits per heavy atom. The Morgan fingerprint density at radius 3 is 2.71 bits per heavy atom. The highest BCUT2D eigenvalue weighted by atomic mass is 32.2. The minimum atomic E-state index is -0.513. The second-order valence-electron chi connectivity index (χ2n) is 6.17. The quantitative estimate of drug-likeness (QED) is 0.354. The fourth-order valence-corrected chi connectivity index (χ4v) is 3.49. The van der Waals surface area contributed by atoms with Crippen LogP contribution in [0.15, 0.2) is 51.0 Å². The van der Waals surface area contributed by atoms with Crippen LogP contribution < -0.4 is 5.56 Å². The molecular formula is C19H19N3O5S. The number of ether oxygens (including phenoxy) is 1. The van der Waals surface area contributed by atoms with E-state index in [-0.39, 0.29) is 23.8 Å². The lowest BCUT2D eigenvalue weighted by Crippen LogP contribution is -2.26. The second-order valence-corrected chi connectivity index (χ2v) is 7.11. The lowest BCUT2D eigenvalue weighted by atomic mass is 10.1. The zero-order valence-electron chi connectivity index (χ0n) is 15.7. The highest BCUT2D eigenvalue weighted by Gasteiger charge is 2.17. The summed E-state index contributed by atoms with van der Waals surface area (Å²) in [6.07, 6.45) is 1.53. The molecule has 8 nitrogen and oxygen atoms in total. The van der Waals surface area contributed by atoms with Crippen LogP contribution in [-0.2, 0) is 16.1 Å². The van der Waals surface area contributed by atoms with E-state index >= 15 is 0 Å². The minimum Gasteiger partial charge on any atom is -0.467 e. The summed E-state index contributed by atoms with van der Waals surface area (Å²) in [5.41, 5.74) is 0.381. The molecule has 146 valence electrons. The van der Waals surface area contributed by atoms with Gasteiger partial charge < -0.3 is 14.1 Å². The van der Waals surface area contributed by atoms with Gasteiger partial charge in [0.2, 0.25) is 5.91 Å². The summed E-state index contributed by atoms with van der Waals surface area (Å²) in [6.45, 7) is 0.187. The first-order valence-corrected chi connectivity index (χ1v) is 9.37. The molecule has 9 heteroatoms. The Bertz CT molecular complexity index is 1070. The van der Waals surface area contributed by atoms with Gasteiger partial charge in [-0.15, -0.1) is 0 Å². The number of rotatable bonds is 6. The fraction of sp³-hybridized carbons (Fsp3) is 0.263. The van der Waals surface area contributed by atoms with E-state index in [0.717, 1.165) is 11.8 Å². The van der Waals surface area contributed by atoms with Gasteiger partial charge in [0.25, 0.3) is 5.56 Å². The van der Waals surface area contributed by atoms with E-state index in [1.165, 1.54) is 35.0 Å². The summed E-state index contributed by atoms with van der Waals surface area (Å²) < 4.78 is 11.5. The van der Waals surface area contributed by atoms with Crippen molar-refractivity contribution in [2.24, 2.45) is 0 Å². The zero-order valence-corrected chi connectivity index (χ0v) is 16.5. The Kier molecular flexibility index (Phi) is 5.84. The first-order chi connectivity index (χ1) is 13.4. The van der Waals surface area contributed by atoms with Crippen LogP contribution in [0.1, 0.15) is 16.1 Å². The molecule has 28 heavy (non-hydrogen) atoms. The smallest absolute Gasteiger partial charge is 0.337 e. The average Bonchev–Trinajstić information content (AvgIpc) is 3.20. The molecule has 0 atom stereocenters. The molecule has 0 saturated carbocycles. The number of hydrogen-bond donors (Lipinski definition) is 0. The van der Waals surface area contributed by atoms with Crippen molar-refractivity contribution in [2.75, 3.05) is 27.0 Å². The van der Waals surface area contributed by atoms with Crippen LogP contribution in [0.4, 0.5) is 0 Å². The van der Waals surface area contributed by atoms with Gasteiger partial charge in [-0.05, 0) is 30.3 Å². The number of benzene rings is 1. The van der Waals surface area contributed by atoms with Gasteiger partial charge in [0.15, 0.2) is 5.16 Å². The second kappa shape index (κ2) is 8.30. The van der Waals surface area contributed by atoms with Gasteiger partial charge in [0.1, 0.15) is 5.76 Å². The number of esters is 1. The summed E-state index contributed by atoms with van der Waals surface area (Å²) in [4.78, 5) is 42.8. The predicted molar refractivity (Wildman–Crippen MR) is 105 cm³/mol. The summed E-state index contributed by atoms with van der Waals surface area (Å²) in [7, 11) is 4.61. The monoisotopic (exact) mass is 401 g/mol. The maximum absolute atomic E-state index is 13.1. The van der Waals surface area contributed by atoms with Gasteiger partial charge in [0, 0.05) is 14.1 Å². The molecule has 0 unspecified atom stereocenters. The number of aromatic nitrogens is 2. The molecule has 0 aliphatic carbocycles. The molecular weight excluding hydrogens is 382 g/mol. The number of hydrogen-bond acceptors (Lipinski definition) is 7. The van der Waals surface area contributed by atoms with E-state index in [4.69, 9.17) is 9.15 Å². The van der Waals surface area contributed by atoms with Crippen molar-refractivity contribution >= 4 is 34.5 Å². The van der Waals surface area contributed by atoms with Crippen LogP contribution >= 0.6 is 11.8 Å². The number of carbonyl (C=O) groups excluding carboxylic acids is 2. The molecule has 0 spiro atoms. The zero-order chi connectivity index (χ0) is 20.3. The molecule has 1 amide bonds. The lowest BCUT2D eigenvalue weighted by molar-refractivity contribution is -0.125. The molecule has 3 aromatic rings. The number of furan rings is 1. The van der Waals surface area contributed by atoms with E-state index in [9.17, 15) is 14.4 Å². The highest BCUT2D eigenvalue weighted by Crippen LogP contribution is 2.20. The Labute approximate surface area is 165 Å². The first kappa shape index (κ1) is 19.7. The number of amides is 1. The molecule has 0 bridgehead atoms. The summed E-state index contributed by atoms with van der Waals surface area (Å²) in [5, 5.41) is 0.730. The van der Waals surface area contributed by atoms with E-state index in [1.54, 1.807) is 32.3 Å². The van der Waals surface area contributed by atoms with Crippen LogP contribution in [0.5, 0.6) is 0 Å². The van der Waals surface area contributed by atoms with Crippen LogP contribution in [0.25, 0.3) is 10.9 Å². The third kappa shape index (κ3) is 4.09. The fourth-order valence-electron chi connectivity index (χ4n) is 2.51. The van der Waals surface area contributed by atoms with Crippen molar-refractivity contribution < 1.29 is 18.7 Å². The molecule has 2 heterocycles.